The van der Waals surface area contributed by atoms with Crippen LogP contribution in [0.5, 0.6) is 0 Å². The predicted octanol–water partition coefficient (Wildman–Crippen LogP) is 2.97. The fraction of sp³-hybridized carbons (Fsp3) is 0.364. The molecule has 0 atom stereocenters. The molecule has 0 N–H and O–H groups in total. The quantitative estimate of drug-likeness (QED) is 0.630. The zero-order valence-corrected chi connectivity index (χ0v) is 10.3. The Kier molecular flexibility index (Phi) is 4.86. The van der Waals surface area contributed by atoms with Gasteiger partial charge in [-0.25, -0.2) is 8.78 Å². The van der Waals surface area contributed by atoms with Gasteiger partial charge in [0.15, 0.2) is 0 Å². The van der Waals surface area contributed by atoms with E-state index in [0.717, 1.165) is 6.07 Å². The number of carbonyl (C=O) groups excluding carboxylic acids is 1. The molecule has 16 heavy (non-hydrogen) atoms. The number of carbonyl (C=O) groups is 1. The van der Waals surface area contributed by atoms with Gasteiger partial charge in [-0.15, -0.1) is 0 Å². The molecule has 0 aromatic heterocycles. The lowest BCUT2D eigenvalue weighted by molar-refractivity contribution is -0.142. The first-order chi connectivity index (χ1) is 7.58. The van der Waals surface area contributed by atoms with Gasteiger partial charge in [0.1, 0.15) is 11.6 Å². The van der Waals surface area contributed by atoms with E-state index in [1.54, 1.807) is 6.92 Å². The van der Waals surface area contributed by atoms with E-state index in [1.807, 2.05) is 0 Å². The van der Waals surface area contributed by atoms with E-state index in [2.05, 4.69) is 15.9 Å². The van der Waals surface area contributed by atoms with Gasteiger partial charge in [0, 0.05) is 17.0 Å². The topological polar surface area (TPSA) is 26.3 Å². The molecular weight excluding hydrogens is 282 g/mol. The third-order valence-electron chi connectivity index (χ3n) is 2.02. The summed E-state index contributed by atoms with van der Waals surface area (Å²) in [6.45, 7) is 1.91. The van der Waals surface area contributed by atoms with E-state index in [-0.39, 0.29) is 23.9 Å². The zero-order chi connectivity index (χ0) is 12.1. The van der Waals surface area contributed by atoms with E-state index < -0.39 is 17.6 Å². The summed E-state index contributed by atoms with van der Waals surface area (Å²) in [5.74, 6) is -1.89. The summed E-state index contributed by atoms with van der Waals surface area (Å²) >= 11 is 3.12. The minimum atomic E-state index is -0.720. The third-order valence-corrected chi connectivity index (χ3v) is 2.63. The number of benzene rings is 1. The average Bonchev–Trinajstić information content (AvgIpc) is 2.22. The van der Waals surface area contributed by atoms with E-state index >= 15 is 0 Å². The number of esters is 1. The van der Waals surface area contributed by atoms with Crippen LogP contribution in [0.15, 0.2) is 12.1 Å². The van der Waals surface area contributed by atoms with Gasteiger partial charge in [-0.05, 0) is 18.6 Å². The van der Waals surface area contributed by atoms with Crippen LogP contribution in [-0.2, 0) is 21.3 Å². The molecule has 0 amide bonds. The fourth-order valence-electron chi connectivity index (χ4n) is 1.33. The maximum absolute atomic E-state index is 13.4. The Balaban J connectivity index is 2.98. The van der Waals surface area contributed by atoms with Crippen molar-refractivity contribution in [1.82, 2.24) is 0 Å². The molecule has 5 heteroatoms. The molecule has 2 nitrogen and oxygen atoms in total. The van der Waals surface area contributed by atoms with Crippen molar-refractivity contribution in [2.75, 3.05) is 6.61 Å². The van der Waals surface area contributed by atoms with Crippen molar-refractivity contribution in [1.29, 1.82) is 0 Å². The molecule has 0 spiro atoms. The maximum atomic E-state index is 13.4. The van der Waals surface area contributed by atoms with Crippen LogP contribution in [0, 0.1) is 11.6 Å². The highest BCUT2D eigenvalue weighted by molar-refractivity contribution is 9.08. The lowest BCUT2D eigenvalue weighted by Crippen LogP contribution is -2.11. The first kappa shape index (κ1) is 13.1. The Labute approximate surface area is 101 Å². The number of alkyl halides is 1. The minimum absolute atomic E-state index is 0.178. The van der Waals surface area contributed by atoms with E-state index in [9.17, 15) is 13.6 Å². The van der Waals surface area contributed by atoms with Gasteiger partial charge >= 0.3 is 5.97 Å². The number of halogens is 3. The van der Waals surface area contributed by atoms with E-state index in [4.69, 9.17) is 4.74 Å². The summed E-state index contributed by atoms with van der Waals surface area (Å²) in [4.78, 5) is 11.2. The molecule has 0 heterocycles. The van der Waals surface area contributed by atoms with Gasteiger partial charge in [-0.2, -0.15) is 0 Å². The second kappa shape index (κ2) is 5.94. The van der Waals surface area contributed by atoms with Crippen LogP contribution < -0.4 is 0 Å². The van der Waals surface area contributed by atoms with Gasteiger partial charge in [-0.1, -0.05) is 15.9 Å². The molecular formula is C11H11BrF2O2. The molecule has 1 aromatic rings. The highest BCUT2D eigenvalue weighted by atomic mass is 79.9. The van der Waals surface area contributed by atoms with Crippen molar-refractivity contribution in [2.45, 2.75) is 18.7 Å². The SMILES string of the molecule is CCOC(=O)Cc1c(F)cc(F)cc1CBr. The second-order valence-electron chi connectivity index (χ2n) is 3.14. The largest absolute Gasteiger partial charge is 0.466 e. The molecule has 1 rings (SSSR count). The second-order valence-corrected chi connectivity index (χ2v) is 3.70. The monoisotopic (exact) mass is 292 g/mol. The first-order valence-corrected chi connectivity index (χ1v) is 5.89. The van der Waals surface area contributed by atoms with Gasteiger partial charge in [0.2, 0.25) is 0 Å². The number of ether oxygens (including phenoxy) is 1. The van der Waals surface area contributed by atoms with Crippen LogP contribution in [0.4, 0.5) is 8.78 Å². The van der Waals surface area contributed by atoms with Crippen LogP contribution in [0.3, 0.4) is 0 Å². The molecule has 0 bridgehead atoms. The summed E-state index contributed by atoms with van der Waals surface area (Å²) in [5, 5.41) is 0.288. The standard InChI is InChI=1S/C11H11BrF2O2/c1-2-16-11(15)5-9-7(6-12)3-8(13)4-10(9)14/h3-4H,2,5-6H2,1H3. The van der Waals surface area contributed by atoms with Crippen molar-refractivity contribution in [3.63, 3.8) is 0 Å². The lowest BCUT2D eigenvalue weighted by Gasteiger charge is -2.08. The van der Waals surface area contributed by atoms with Gasteiger partial charge in [0.25, 0.3) is 0 Å². The Hall–Kier alpha value is -0.970. The summed E-state index contributed by atoms with van der Waals surface area (Å²) < 4.78 is 31.0. The smallest absolute Gasteiger partial charge is 0.310 e. The van der Waals surface area contributed by atoms with Crippen LogP contribution >= 0.6 is 15.9 Å². The van der Waals surface area contributed by atoms with Crippen molar-refractivity contribution < 1.29 is 18.3 Å². The van der Waals surface area contributed by atoms with Crippen LogP contribution in [0.2, 0.25) is 0 Å². The predicted molar refractivity (Wildman–Crippen MR) is 59.3 cm³/mol. The molecule has 0 saturated heterocycles. The average molecular weight is 293 g/mol. The van der Waals surface area contributed by atoms with E-state index in [0.29, 0.717) is 5.56 Å². The molecule has 0 aliphatic rings. The fourth-order valence-corrected chi connectivity index (χ4v) is 1.83. The molecule has 0 fully saturated rings. The number of hydrogen-bond donors (Lipinski definition) is 0. The molecule has 0 aliphatic carbocycles. The van der Waals surface area contributed by atoms with E-state index in [1.165, 1.54) is 6.07 Å². The molecule has 0 saturated carbocycles. The van der Waals surface area contributed by atoms with Gasteiger partial charge in [-0.3, -0.25) is 4.79 Å². The van der Waals surface area contributed by atoms with Crippen LogP contribution in [0.1, 0.15) is 18.1 Å². The minimum Gasteiger partial charge on any atom is -0.466 e. The summed E-state index contributed by atoms with van der Waals surface area (Å²) in [6.07, 6.45) is -0.180. The summed E-state index contributed by atoms with van der Waals surface area (Å²) in [7, 11) is 0. The highest BCUT2D eigenvalue weighted by Crippen LogP contribution is 2.19. The number of hydrogen-bond acceptors (Lipinski definition) is 2. The van der Waals surface area contributed by atoms with Crippen molar-refractivity contribution >= 4 is 21.9 Å². The number of rotatable bonds is 4. The molecule has 88 valence electrons. The molecule has 0 radical (unpaired) electrons. The maximum Gasteiger partial charge on any atom is 0.310 e. The normalized spacial score (nSPS) is 10.2. The Bertz CT molecular complexity index is 394. The summed E-state index contributed by atoms with van der Waals surface area (Å²) in [6, 6.07) is 1.97. The Morgan fingerprint density at radius 1 is 1.44 bits per heavy atom. The Morgan fingerprint density at radius 2 is 2.12 bits per heavy atom. The van der Waals surface area contributed by atoms with Gasteiger partial charge in [0.05, 0.1) is 13.0 Å². The highest BCUT2D eigenvalue weighted by Gasteiger charge is 2.14. The summed E-state index contributed by atoms with van der Waals surface area (Å²) in [5.41, 5.74) is 0.599. The molecule has 0 unspecified atom stereocenters. The molecule has 1 aromatic carbocycles. The van der Waals surface area contributed by atoms with Gasteiger partial charge < -0.3 is 4.74 Å². The third kappa shape index (κ3) is 3.27. The first-order valence-electron chi connectivity index (χ1n) is 4.76. The van der Waals surface area contributed by atoms with Crippen molar-refractivity contribution in [2.24, 2.45) is 0 Å². The van der Waals surface area contributed by atoms with Crippen LogP contribution in [0.25, 0.3) is 0 Å². The van der Waals surface area contributed by atoms with Crippen molar-refractivity contribution in [3.05, 3.63) is 34.9 Å². The molecule has 0 aliphatic heterocycles. The van der Waals surface area contributed by atoms with Crippen LogP contribution in [-0.4, -0.2) is 12.6 Å². The Morgan fingerprint density at radius 3 is 2.69 bits per heavy atom. The zero-order valence-electron chi connectivity index (χ0n) is 8.73. The van der Waals surface area contributed by atoms with Crippen molar-refractivity contribution in [3.8, 4) is 0 Å². The lowest BCUT2D eigenvalue weighted by atomic mass is 10.1.